The van der Waals surface area contributed by atoms with Crippen LogP contribution in [0.2, 0.25) is 0 Å². The summed E-state index contributed by atoms with van der Waals surface area (Å²) in [7, 11) is 0. The van der Waals surface area contributed by atoms with Crippen LogP contribution in [0.25, 0.3) is 0 Å². The quantitative estimate of drug-likeness (QED) is 0.648. The van der Waals surface area contributed by atoms with Gasteiger partial charge in [-0.15, -0.1) is 0 Å². The summed E-state index contributed by atoms with van der Waals surface area (Å²) in [5.74, 6) is 0. The minimum absolute atomic E-state index is 0.372. The first-order valence-corrected chi connectivity index (χ1v) is 4.21. The van der Waals surface area contributed by atoms with Crippen molar-refractivity contribution in [2.75, 3.05) is 5.33 Å². The van der Waals surface area contributed by atoms with Crippen LogP contribution >= 0.6 is 15.9 Å². The molecule has 0 radical (unpaired) electrons. The Balaban J connectivity index is 2.75. The van der Waals surface area contributed by atoms with E-state index in [4.69, 9.17) is 0 Å². The molecule has 1 unspecified atom stereocenters. The Morgan fingerprint density at radius 3 is 2.40 bits per heavy atom. The molecule has 0 saturated heterocycles. The van der Waals surface area contributed by atoms with E-state index in [1.165, 1.54) is 0 Å². The fourth-order valence-corrected chi connectivity index (χ4v) is 1.12. The molecule has 0 amide bonds. The molecular formula is C8H8BrF. The van der Waals surface area contributed by atoms with E-state index in [0.29, 0.717) is 5.33 Å². The molecule has 0 aromatic heterocycles. The van der Waals surface area contributed by atoms with Crippen LogP contribution in [0.4, 0.5) is 4.39 Å². The molecule has 1 aromatic rings. The zero-order chi connectivity index (χ0) is 7.40. The highest BCUT2D eigenvalue weighted by Crippen LogP contribution is 2.18. The molecule has 0 aliphatic rings. The van der Waals surface area contributed by atoms with Crippen molar-refractivity contribution in [2.45, 2.75) is 6.17 Å². The third-order valence-corrected chi connectivity index (χ3v) is 1.87. The first-order valence-electron chi connectivity index (χ1n) is 3.09. The largest absolute Gasteiger partial charge is 0.241 e. The van der Waals surface area contributed by atoms with Crippen LogP contribution in [-0.4, -0.2) is 5.33 Å². The molecule has 1 rings (SSSR count). The van der Waals surface area contributed by atoms with Gasteiger partial charge in [0, 0.05) is 5.33 Å². The average molecular weight is 203 g/mol. The lowest BCUT2D eigenvalue weighted by molar-refractivity contribution is 0.382. The van der Waals surface area contributed by atoms with Crippen LogP contribution in [0.15, 0.2) is 30.3 Å². The molecule has 10 heavy (non-hydrogen) atoms. The molecule has 0 heterocycles. The monoisotopic (exact) mass is 202 g/mol. The number of alkyl halides is 2. The predicted molar refractivity (Wildman–Crippen MR) is 44.1 cm³/mol. The lowest BCUT2D eigenvalue weighted by Gasteiger charge is -2.01. The van der Waals surface area contributed by atoms with Gasteiger partial charge in [0.05, 0.1) is 0 Å². The van der Waals surface area contributed by atoms with Gasteiger partial charge in [-0.3, -0.25) is 0 Å². The summed E-state index contributed by atoms with van der Waals surface area (Å²) in [4.78, 5) is 0. The molecule has 0 aliphatic heterocycles. The number of benzene rings is 1. The Morgan fingerprint density at radius 1 is 1.30 bits per heavy atom. The third-order valence-electron chi connectivity index (χ3n) is 1.30. The van der Waals surface area contributed by atoms with Gasteiger partial charge in [-0.05, 0) is 5.56 Å². The minimum atomic E-state index is -0.874. The molecule has 1 atom stereocenters. The van der Waals surface area contributed by atoms with Crippen LogP contribution in [0.1, 0.15) is 11.7 Å². The Kier molecular flexibility index (Phi) is 2.87. The minimum Gasteiger partial charge on any atom is -0.241 e. The Morgan fingerprint density at radius 2 is 1.90 bits per heavy atom. The second kappa shape index (κ2) is 3.71. The van der Waals surface area contributed by atoms with Gasteiger partial charge in [-0.25, -0.2) is 4.39 Å². The summed E-state index contributed by atoms with van der Waals surface area (Å²) in [5, 5.41) is 0.372. The lowest BCUT2D eigenvalue weighted by atomic mass is 10.1. The van der Waals surface area contributed by atoms with E-state index in [-0.39, 0.29) is 0 Å². The van der Waals surface area contributed by atoms with E-state index >= 15 is 0 Å². The van der Waals surface area contributed by atoms with Crippen molar-refractivity contribution >= 4 is 15.9 Å². The second-order valence-corrected chi connectivity index (χ2v) is 2.68. The summed E-state index contributed by atoms with van der Waals surface area (Å²) < 4.78 is 12.8. The highest BCUT2D eigenvalue weighted by molar-refractivity contribution is 9.09. The van der Waals surface area contributed by atoms with Gasteiger partial charge in [0.1, 0.15) is 6.17 Å². The maximum Gasteiger partial charge on any atom is 0.135 e. The molecule has 0 fully saturated rings. The summed E-state index contributed by atoms with van der Waals surface area (Å²) >= 11 is 3.08. The van der Waals surface area contributed by atoms with E-state index in [1.807, 2.05) is 18.2 Å². The Labute approximate surface area is 68.2 Å². The van der Waals surface area contributed by atoms with E-state index in [1.54, 1.807) is 12.1 Å². The molecule has 0 N–H and O–H groups in total. The van der Waals surface area contributed by atoms with Gasteiger partial charge in [-0.1, -0.05) is 46.3 Å². The number of hydrogen-bond donors (Lipinski definition) is 0. The summed E-state index contributed by atoms with van der Waals surface area (Å²) in [6.45, 7) is 0. The summed E-state index contributed by atoms with van der Waals surface area (Å²) in [5.41, 5.74) is 0.736. The molecule has 2 heteroatoms. The fraction of sp³-hybridized carbons (Fsp3) is 0.250. The van der Waals surface area contributed by atoms with Gasteiger partial charge in [-0.2, -0.15) is 0 Å². The fourth-order valence-electron chi connectivity index (χ4n) is 0.751. The van der Waals surface area contributed by atoms with Crippen LogP contribution < -0.4 is 0 Å². The number of hydrogen-bond acceptors (Lipinski definition) is 0. The zero-order valence-corrected chi connectivity index (χ0v) is 7.01. The van der Waals surface area contributed by atoms with Crippen LogP contribution in [-0.2, 0) is 0 Å². The second-order valence-electron chi connectivity index (χ2n) is 2.03. The summed E-state index contributed by atoms with van der Waals surface area (Å²) in [6.07, 6.45) is -0.874. The normalized spacial score (nSPS) is 13.0. The van der Waals surface area contributed by atoms with Gasteiger partial charge in [0.15, 0.2) is 0 Å². The highest BCUT2D eigenvalue weighted by Gasteiger charge is 2.04. The third kappa shape index (κ3) is 1.81. The SMILES string of the molecule is FC(CBr)c1ccccc1. The molecule has 0 nitrogen and oxygen atoms in total. The van der Waals surface area contributed by atoms with Gasteiger partial charge in [0.2, 0.25) is 0 Å². The van der Waals surface area contributed by atoms with Crippen molar-refractivity contribution in [1.29, 1.82) is 0 Å². The first kappa shape index (κ1) is 7.73. The van der Waals surface area contributed by atoms with Crippen molar-refractivity contribution in [3.8, 4) is 0 Å². The van der Waals surface area contributed by atoms with Crippen molar-refractivity contribution < 1.29 is 4.39 Å². The zero-order valence-electron chi connectivity index (χ0n) is 5.43. The van der Waals surface area contributed by atoms with Crippen molar-refractivity contribution in [1.82, 2.24) is 0 Å². The van der Waals surface area contributed by atoms with Gasteiger partial charge >= 0.3 is 0 Å². The molecular weight excluding hydrogens is 195 g/mol. The van der Waals surface area contributed by atoms with Crippen LogP contribution in [0.3, 0.4) is 0 Å². The molecule has 0 aliphatic carbocycles. The maximum atomic E-state index is 12.8. The lowest BCUT2D eigenvalue weighted by Crippen LogP contribution is -1.90. The topological polar surface area (TPSA) is 0 Å². The molecule has 54 valence electrons. The highest BCUT2D eigenvalue weighted by atomic mass is 79.9. The van der Waals surface area contributed by atoms with E-state index in [2.05, 4.69) is 15.9 Å². The molecule has 0 bridgehead atoms. The van der Waals surface area contributed by atoms with E-state index in [9.17, 15) is 4.39 Å². The first-order chi connectivity index (χ1) is 4.84. The standard InChI is InChI=1S/C8H8BrF/c9-6-8(10)7-4-2-1-3-5-7/h1-5,8H,6H2. The van der Waals surface area contributed by atoms with Crippen molar-refractivity contribution in [3.63, 3.8) is 0 Å². The number of rotatable bonds is 2. The smallest absolute Gasteiger partial charge is 0.135 e. The Hall–Kier alpha value is -0.370. The van der Waals surface area contributed by atoms with Crippen LogP contribution in [0.5, 0.6) is 0 Å². The molecule has 0 saturated carbocycles. The summed E-state index contributed by atoms with van der Waals surface area (Å²) in [6, 6.07) is 9.12. The predicted octanol–water partition coefficient (Wildman–Crippen LogP) is 3.09. The average Bonchev–Trinajstić information content (AvgIpc) is 2.05. The molecule has 0 spiro atoms. The Bertz CT molecular complexity index is 186. The van der Waals surface area contributed by atoms with E-state index < -0.39 is 6.17 Å². The maximum absolute atomic E-state index is 12.8. The van der Waals surface area contributed by atoms with Crippen molar-refractivity contribution in [2.24, 2.45) is 0 Å². The van der Waals surface area contributed by atoms with Crippen molar-refractivity contribution in [3.05, 3.63) is 35.9 Å². The van der Waals surface area contributed by atoms with E-state index in [0.717, 1.165) is 5.56 Å². The number of halogens is 2. The van der Waals surface area contributed by atoms with Gasteiger partial charge in [0.25, 0.3) is 0 Å². The van der Waals surface area contributed by atoms with Gasteiger partial charge < -0.3 is 0 Å². The van der Waals surface area contributed by atoms with Crippen LogP contribution in [0, 0.1) is 0 Å². The molecule has 1 aromatic carbocycles.